The topological polar surface area (TPSA) is 33.4 Å². The number of rotatable bonds is 3. The monoisotopic (exact) mass is 216 g/mol. The molecule has 0 spiro atoms. The van der Waals surface area contributed by atoms with E-state index in [9.17, 15) is 5.11 Å². The Morgan fingerprint density at radius 3 is 2.38 bits per heavy atom. The van der Waals surface area contributed by atoms with E-state index in [1.807, 2.05) is 37.3 Å². The maximum Gasteiger partial charge on any atom is 0.107 e. The van der Waals surface area contributed by atoms with Crippen LogP contribution in [0.2, 0.25) is 0 Å². The molecule has 0 saturated heterocycles. The quantitative estimate of drug-likeness (QED) is 0.854. The molecule has 1 N–H and O–H groups in total. The van der Waals surface area contributed by atoms with Crippen LogP contribution in [0.1, 0.15) is 35.5 Å². The standard InChI is InChI=1S/C14H16O2/c1-3-11-4-6-12(7-5-11)14(15)13-8-9-16-10(13)2/h4-9,14-15H,3H2,1-2H3. The molecule has 2 aromatic rings. The number of aliphatic hydroxyl groups is 1. The largest absolute Gasteiger partial charge is 0.469 e. The van der Waals surface area contributed by atoms with Gasteiger partial charge in [0.15, 0.2) is 0 Å². The Balaban J connectivity index is 2.27. The summed E-state index contributed by atoms with van der Waals surface area (Å²) in [6.07, 6.45) is 2.03. The molecular formula is C14H16O2. The van der Waals surface area contributed by atoms with E-state index >= 15 is 0 Å². The average molecular weight is 216 g/mol. The van der Waals surface area contributed by atoms with Gasteiger partial charge in [0.2, 0.25) is 0 Å². The number of furan rings is 1. The molecule has 1 atom stereocenters. The average Bonchev–Trinajstić information content (AvgIpc) is 2.75. The van der Waals surface area contributed by atoms with E-state index in [2.05, 4.69) is 6.92 Å². The van der Waals surface area contributed by atoms with Crippen molar-refractivity contribution in [3.63, 3.8) is 0 Å². The van der Waals surface area contributed by atoms with Crippen molar-refractivity contribution < 1.29 is 9.52 Å². The lowest BCUT2D eigenvalue weighted by Gasteiger charge is -2.10. The van der Waals surface area contributed by atoms with Crippen LogP contribution in [0.3, 0.4) is 0 Å². The van der Waals surface area contributed by atoms with Crippen molar-refractivity contribution in [3.05, 3.63) is 59.0 Å². The van der Waals surface area contributed by atoms with Crippen LogP contribution >= 0.6 is 0 Å². The molecule has 1 heterocycles. The first-order valence-electron chi connectivity index (χ1n) is 5.53. The number of aliphatic hydroxyl groups excluding tert-OH is 1. The fraction of sp³-hybridized carbons (Fsp3) is 0.286. The first-order chi connectivity index (χ1) is 7.72. The SMILES string of the molecule is CCc1ccc(C(O)c2ccoc2C)cc1. The van der Waals surface area contributed by atoms with Gasteiger partial charge in [-0.3, -0.25) is 0 Å². The summed E-state index contributed by atoms with van der Waals surface area (Å²) in [4.78, 5) is 0. The van der Waals surface area contributed by atoms with Gasteiger partial charge in [0.25, 0.3) is 0 Å². The predicted molar refractivity (Wildman–Crippen MR) is 63.3 cm³/mol. The van der Waals surface area contributed by atoms with E-state index in [0.29, 0.717) is 0 Å². The zero-order valence-corrected chi connectivity index (χ0v) is 9.60. The van der Waals surface area contributed by atoms with Crippen LogP contribution in [0.25, 0.3) is 0 Å². The summed E-state index contributed by atoms with van der Waals surface area (Å²) < 4.78 is 5.19. The summed E-state index contributed by atoms with van der Waals surface area (Å²) in [5, 5.41) is 10.2. The fourth-order valence-electron chi connectivity index (χ4n) is 1.79. The van der Waals surface area contributed by atoms with Crippen molar-refractivity contribution in [1.29, 1.82) is 0 Å². The van der Waals surface area contributed by atoms with E-state index in [1.54, 1.807) is 6.26 Å². The number of hydrogen-bond donors (Lipinski definition) is 1. The molecule has 16 heavy (non-hydrogen) atoms. The molecule has 84 valence electrons. The molecule has 1 aromatic heterocycles. The van der Waals surface area contributed by atoms with Crippen LogP contribution in [-0.4, -0.2) is 5.11 Å². The molecule has 2 nitrogen and oxygen atoms in total. The molecule has 0 amide bonds. The molecule has 2 heteroatoms. The summed E-state index contributed by atoms with van der Waals surface area (Å²) in [5.41, 5.74) is 3.02. The second kappa shape index (κ2) is 4.54. The summed E-state index contributed by atoms with van der Waals surface area (Å²) in [7, 11) is 0. The predicted octanol–water partition coefficient (Wildman–Crippen LogP) is 3.23. The van der Waals surface area contributed by atoms with Gasteiger partial charge in [-0.25, -0.2) is 0 Å². The molecule has 0 aliphatic rings. The van der Waals surface area contributed by atoms with E-state index in [4.69, 9.17) is 4.42 Å². The maximum absolute atomic E-state index is 10.2. The summed E-state index contributed by atoms with van der Waals surface area (Å²) >= 11 is 0. The van der Waals surface area contributed by atoms with Crippen LogP contribution in [0, 0.1) is 6.92 Å². The van der Waals surface area contributed by atoms with Crippen LogP contribution < -0.4 is 0 Å². The lowest BCUT2D eigenvalue weighted by molar-refractivity contribution is 0.218. The number of hydrogen-bond acceptors (Lipinski definition) is 2. The zero-order valence-electron chi connectivity index (χ0n) is 9.60. The third-order valence-electron chi connectivity index (χ3n) is 2.90. The maximum atomic E-state index is 10.2. The normalized spacial score (nSPS) is 12.7. The highest BCUT2D eigenvalue weighted by Gasteiger charge is 2.14. The molecule has 0 fully saturated rings. The molecule has 2 rings (SSSR count). The Labute approximate surface area is 95.5 Å². The Morgan fingerprint density at radius 2 is 1.88 bits per heavy atom. The second-order valence-corrected chi connectivity index (χ2v) is 3.93. The van der Waals surface area contributed by atoms with Crippen molar-refractivity contribution in [2.75, 3.05) is 0 Å². The summed E-state index contributed by atoms with van der Waals surface area (Å²) in [5.74, 6) is 0.770. The van der Waals surface area contributed by atoms with Gasteiger partial charge in [-0.15, -0.1) is 0 Å². The molecule has 0 aliphatic carbocycles. The third kappa shape index (κ3) is 2.02. The molecule has 0 radical (unpaired) electrons. The van der Waals surface area contributed by atoms with Gasteiger partial charge in [-0.1, -0.05) is 31.2 Å². The highest BCUT2D eigenvalue weighted by molar-refractivity contribution is 5.32. The highest BCUT2D eigenvalue weighted by Crippen LogP contribution is 2.25. The van der Waals surface area contributed by atoms with Crippen LogP contribution in [-0.2, 0) is 6.42 Å². The Hall–Kier alpha value is -1.54. The van der Waals surface area contributed by atoms with E-state index in [1.165, 1.54) is 5.56 Å². The minimum atomic E-state index is -0.593. The molecule has 0 aliphatic heterocycles. The van der Waals surface area contributed by atoms with Crippen molar-refractivity contribution >= 4 is 0 Å². The van der Waals surface area contributed by atoms with Gasteiger partial charge in [0, 0.05) is 5.56 Å². The Morgan fingerprint density at radius 1 is 1.19 bits per heavy atom. The highest BCUT2D eigenvalue weighted by atomic mass is 16.3. The Kier molecular flexibility index (Phi) is 3.11. The smallest absolute Gasteiger partial charge is 0.107 e. The number of aryl methyl sites for hydroxylation is 2. The molecule has 0 bridgehead atoms. The lowest BCUT2D eigenvalue weighted by atomic mass is 10.0. The van der Waals surface area contributed by atoms with Gasteiger partial charge in [-0.05, 0) is 30.5 Å². The van der Waals surface area contributed by atoms with Gasteiger partial charge < -0.3 is 9.52 Å². The van der Waals surface area contributed by atoms with Gasteiger partial charge in [-0.2, -0.15) is 0 Å². The first kappa shape index (κ1) is 11.0. The van der Waals surface area contributed by atoms with Crippen molar-refractivity contribution in [2.45, 2.75) is 26.4 Å². The van der Waals surface area contributed by atoms with Gasteiger partial charge >= 0.3 is 0 Å². The van der Waals surface area contributed by atoms with E-state index in [0.717, 1.165) is 23.3 Å². The lowest BCUT2D eigenvalue weighted by Crippen LogP contribution is -1.99. The molecule has 0 saturated carbocycles. The minimum Gasteiger partial charge on any atom is -0.469 e. The second-order valence-electron chi connectivity index (χ2n) is 3.93. The third-order valence-corrected chi connectivity index (χ3v) is 2.90. The zero-order chi connectivity index (χ0) is 11.5. The van der Waals surface area contributed by atoms with Crippen molar-refractivity contribution in [1.82, 2.24) is 0 Å². The van der Waals surface area contributed by atoms with Gasteiger partial charge in [0.05, 0.1) is 6.26 Å². The molecular weight excluding hydrogens is 200 g/mol. The van der Waals surface area contributed by atoms with E-state index in [-0.39, 0.29) is 0 Å². The molecule has 1 aromatic carbocycles. The van der Waals surface area contributed by atoms with Crippen molar-refractivity contribution in [3.8, 4) is 0 Å². The number of benzene rings is 1. The van der Waals surface area contributed by atoms with Gasteiger partial charge in [0.1, 0.15) is 11.9 Å². The summed E-state index contributed by atoms with van der Waals surface area (Å²) in [6.45, 7) is 3.98. The Bertz CT molecular complexity index is 454. The van der Waals surface area contributed by atoms with E-state index < -0.39 is 6.10 Å². The van der Waals surface area contributed by atoms with Crippen LogP contribution in [0.5, 0.6) is 0 Å². The molecule has 1 unspecified atom stereocenters. The van der Waals surface area contributed by atoms with Crippen molar-refractivity contribution in [2.24, 2.45) is 0 Å². The summed E-state index contributed by atoms with van der Waals surface area (Å²) in [6, 6.07) is 9.85. The first-order valence-corrected chi connectivity index (χ1v) is 5.53. The van der Waals surface area contributed by atoms with Crippen LogP contribution in [0.15, 0.2) is 41.0 Å². The minimum absolute atomic E-state index is 0.593. The van der Waals surface area contributed by atoms with Crippen LogP contribution in [0.4, 0.5) is 0 Å². The fourth-order valence-corrected chi connectivity index (χ4v) is 1.79.